The van der Waals surface area contributed by atoms with Crippen molar-refractivity contribution in [3.63, 3.8) is 0 Å². The highest BCUT2D eigenvalue weighted by Crippen LogP contribution is 2.60. The summed E-state index contributed by atoms with van der Waals surface area (Å²) in [4.78, 5) is 0. The number of nitrogens with two attached hydrogens (primary N) is 1. The molecule has 4 bridgehead atoms. The summed E-state index contributed by atoms with van der Waals surface area (Å²) >= 11 is 1.83. The van der Waals surface area contributed by atoms with Crippen molar-refractivity contribution >= 4 is 11.3 Å². The quantitative estimate of drug-likeness (QED) is 0.868. The molecular weight excluding hydrogens is 250 g/mol. The third-order valence-corrected chi connectivity index (χ3v) is 7.07. The Morgan fingerprint density at radius 2 is 1.84 bits per heavy atom. The van der Waals surface area contributed by atoms with Crippen molar-refractivity contribution in [1.29, 1.82) is 0 Å². The fourth-order valence-electron chi connectivity index (χ4n) is 5.71. The minimum atomic E-state index is 0.699. The summed E-state index contributed by atoms with van der Waals surface area (Å²) in [5, 5.41) is 7.15. The van der Waals surface area contributed by atoms with Gasteiger partial charge in [0.15, 0.2) is 0 Å². The standard InChI is InChI=1S/C17H25NS/c1-12(18-10-13-2-3-19-11-13)17-7-14-4-15(8-17)6-16(5-14)9-17/h2-3,11-12,14-16,18H,4-10H2,1H3/p+1/t12-,14?,15?,16?,17?/m1/s1. The molecule has 0 aromatic carbocycles. The minimum Gasteiger partial charge on any atom is -0.340 e. The van der Waals surface area contributed by atoms with Crippen LogP contribution in [0.5, 0.6) is 0 Å². The highest BCUT2D eigenvalue weighted by atomic mass is 32.1. The minimum absolute atomic E-state index is 0.699. The maximum Gasteiger partial charge on any atom is 0.102 e. The van der Waals surface area contributed by atoms with Gasteiger partial charge in [0.05, 0.1) is 6.04 Å². The first-order chi connectivity index (χ1) is 9.23. The van der Waals surface area contributed by atoms with E-state index < -0.39 is 0 Å². The Morgan fingerprint density at radius 1 is 1.21 bits per heavy atom. The average Bonchev–Trinajstić information content (AvgIpc) is 2.87. The Bertz CT molecular complexity index is 401. The predicted octanol–water partition coefficient (Wildman–Crippen LogP) is 3.42. The van der Waals surface area contributed by atoms with Crippen molar-refractivity contribution in [1.82, 2.24) is 0 Å². The number of hydrogen-bond donors (Lipinski definition) is 1. The molecule has 0 radical (unpaired) electrons. The van der Waals surface area contributed by atoms with Gasteiger partial charge in [-0.1, -0.05) is 0 Å². The molecule has 1 aromatic heterocycles. The van der Waals surface area contributed by atoms with Crippen LogP contribution in [-0.4, -0.2) is 6.04 Å². The zero-order chi connectivity index (χ0) is 12.9. The molecule has 1 heterocycles. The van der Waals surface area contributed by atoms with Gasteiger partial charge in [-0.3, -0.25) is 0 Å². The maximum absolute atomic E-state index is 2.63. The molecule has 19 heavy (non-hydrogen) atoms. The molecule has 5 rings (SSSR count). The molecule has 4 fully saturated rings. The van der Waals surface area contributed by atoms with Gasteiger partial charge in [0.2, 0.25) is 0 Å². The van der Waals surface area contributed by atoms with Crippen LogP contribution in [0.4, 0.5) is 0 Å². The SMILES string of the molecule is C[C@@H]([NH2+]Cc1ccsc1)C12CC3CC(CC(C3)C1)C2. The predicted molar refractivity (Wildman–Crippen MR) is 80.0 cm³/mol. The van der Waals surface area contributed by atoms with Gasteiger partial charge in [0, 0.05) is 11.0 Å². The Hall–Kier alpha value is -0.340. The summed E-state index contributed by atoms with van der Waals surface area (Å²) in [6.07, 6.45) is 9.32. The van der Waals surface area contributed by atoms with Crippen molar-refractivity contribution in [3.8, 4) is 0 Å². The lowest BCUT2D eigenvalue weighted by atomic mass is 9.48. The van der Waals surface area contributed by atoms with Crippen LogP contribution in [0.1, 0.15) is 51.0 Å². The van der Waals surface area contributed by atoms with E-state index in [1.54, 1.807) is 38.5 Å². The van der Waals surface area contributed by atoms with E-state index in [1.165, 1.54) is 12.1 Å². The summed E-state index contributed by atoms with van der Waals surface area (Å²) in [6, 6.07) is 3.11. The zero-order valence-corrected chi connectivity index (χ0v) is 12.8. The van der Waals surface area contributed by atoms with Gasteiger partial charge in [0.25, 0.3) is 0 Å². The molecule has 1 atom stereocenters. The Labute approximate surface area is 120 Å². The first kappa shape index (κ1) is 12.4. The number of thiophene rings is 1. The summed E-state index contributed by atoms with van der Waals surface area (Å²) in [6.45, 7) is 3.70. The van der Waals surface area contributed by atoms with Crippen LogP contribution < -0.4 is 5.32 Å². The molecule has 0 spiro atoms. The Morgan fingerprint density at radius 3 is 2.37 bits per heavy atom. The van der Waals surface area contributed by atoms with E-state index in [1.807, 2.05) is 11.3 Å². The smallest absolute Gasteiger partial charge is 0.102 e. The van der Waals surface area contributed by atoms with Crippen molar-refractivity contribution in [2.75, 3.05) is 0 Å². The molecule has 104 valence electrons. The van der Waals surface area contributed by atoms with Gasteiger partial charge in [-0.15, -0.1) is 0 Å². The molecule has 4 aliphatic carbocycles. The normalized spacial score (nSPS) is 41.6. The van der Waals surface area contributed by atoms with Gasteiger partial charge in [-0.25, -0.2) is 0 Å². The van der Waals surface area contributed by atoms with Gasteiger partial charge >= 0.3 is 0 Å². The summed E-state index contributed by atoms with van der Waals surface area (Å²) in [5.74, 6) is 3.26. The van der Waals surface area contributed by atoms with Gasteiger partial charge in [-0.2, -0.15) is 11.3 Å². The molecule has 0 unspecified atom stereocenters. The van der Waals surface area contributed by atoms with Crippen LogP contribution in [0.15, 0.2) is 16.8 Å². The van der Waals surface area contributed by atoms with E-state index in [0.29, 0.717) is 5.41 Å². The molecule has 1 aromatic rings. The second-order valence-electron chi connectivity index (χ2n) is 7.64. The van der Waals surface area contributed by atoms with Gasteiger partial charge in [-0.05, 0) is 80.0 Å². The zero-order valence-electron chi connectivity index (χ0n) is 12.0. The molecule has 0 saturated heterocycles. The molecular formula is C17H26NS+. The van der Waals surface area contributed by atoms with E-state index in [4.69, 9.17) is 0 Å². The van der Waals surface area contributed by atoms with Crippen LogP contribution in [-0.2, 0) is 6.54 Å². The lowest BCUT2D eigenvalue weighted by molar-refractivity contribution is -0.717. The fraction of sp³-hybridized carbons (Fsp3) is 0.765. The summed E-state index contributed by atoms with van der Waals surface area (Å²) < 4.78 is 0. The molecule has 2 N–H and O–H groups in total. The molecule has 1 nitrogen and oxygen atoms in total. The van der Waals surface area contributed by atoms with E-state index >= 15 is 0 Å². The number of hydrogen-bond acceptors (Lipinski definition) is 1. The molecule has 2 heteroatoms. The highest BCUT2D eigenvalue weighted by Gasteiger charge is 2.54. The van der Waals surface area contributed by atoms with Crippen molar-refractivity contribution in [2.24, 2.45) is 23.2 Å². The van der Waals surface area contributed by atoms with E-state index in [-0.39, 0.29) is 0 Å². The number of quaternary nitrogens is 1. The topological polar surface area (TPSA) is 16.6 Å². The molecule has 0 amide bonds. The highest BCUT2D eigenvalue weighted by molar-refractivity contribution is 7.07. The van der Waals surface area contributed by atoms with Crippen molar-refractivity contribution in [2.45, 2.75) is 58.0 Å². The van der Waals surface area contributed by atoms with Crippen LogP contribution in [0.2, 0.25) is 0 Å². The third kappa shape index (κ3) is 2.17. The van der Waals surface area contributed by atoms with E-state index in [2.05, 4.69) is 29.1 Å². The second kappa shape index (κ2) is 4.60. The largest absolute Gasteiger partial charge is 0.340 e. The van der Waals surface area contributed by atoms with Gasteiger partial charge in [0.1, 0.15) is 6.54 Å². The van der Waals surface area contributed by atoms with Crippen LogP contribution in [0, 0.1) is 23.2 Å². The molecule has 4 saturated carbocycles. The first-order valence-electron chi connectivity index (χ1n) is 8.08. The van der Waals surface area contributed by atoms with Crippen LogP contribution >= 0.6 is 11.3 Å². The lowest BCUT2D eigenvalue weighted by Gasteiger charge is -2.57. The monoisotopic (exact) mass is 276 g/mol. The average molecular weight is 276 g/mol. The second-order valence-corrected chi connectivity index (χ2v) is 8.42. The van der Waals surface area contributed by atoms with Crippen molar-refractivity contribution in [3.05, 3.63) is 22.4 Å². The Balaban J connectivity index is 1.45. The van der Waals surface area contributed by atoms with Gasteiger partial charge < -0.3 is 5.32 Å². The van der Waals surface area contributed by atoms with Crippen LogP contribution in [0.3, 0.4) is 0 Å². The maximum atomic E-state index is 2.63. The third-order valence-electron chi connectivity index (χ3n) is 6.34. The fourth-order valence-corrected chi connectivity index (χ4v) is 6.39. The molecule has 4 aliphatic rings. The van der Waals surface area contributed by atoms with E-state index in [0.717, 1.165) is 23.8 Å². The van der Waals surface area contributed by atoms with Crippen LogP contribution in [0.25, 0.3) is 0 Å². The molecule has 0 aliphatic heterocycles. The van der Waals surface area contributed by atoms with E-state index in [9.17, 15) is 0 Å². The summed E-state index contributed by atoms with van der Waals surface area (Å²) in [7, 11) is 0. The van der Waals surface area contributed by atoms with Crippen molar-refractivity contribution < 1.29 is 5.32 Å². The Kier molecular flexibility index (Phi) is 3.00. The first-order valence-corrected chi connectivity index (χ1v) is 9.02. The lowest BCUT2D eigenvalue weighted by Crippen LogP contribution is -2.91. The number of rotatable bonds is 4. The summed E-state index contributed by atoms with van der Waals surface area (Å²) in [5.41, 5.74) is 2.21.